The second-order valence-electron chi connectivity index (χ2n) is 7.95. The molecule has 0 radical (unpaired) electrons. The molecule has 1 fully saturated rings. The summed E-state index contributed by atoms with van der Waals surface area (Å²) in [6.45, 7) is -0.228. The van der Waals surface area contributed by atoms with Gasteiger partial charge in [-0.25, -0.2) is 9.18 Å². The maximum Gasteiger partial charge on any atom is 0.416 e. The van der Waals surface area contributed by atoms with E-state index in [0.717, 1.165) is 24.3 Å². The summed E-state index contributed by atoms with van der Waals surface area (Å²) in [6, 6.07) is 8.67. The topological polar surface area (TPSA) is 99.7 Å². The van der Waals surface area contributed by atoms with Gasteiger partial charge in [0.25, 0.3) is 0 Å². The van der Waals surface area contributed by atoms with E-state index in [1.54, 1.807) is 12.1 Å². The quantitative estimate of drug-likeness (QED) is 0.453. The van der Waals surface area contributed by atoms with E-state index < -0.39 is 48.4 Å². The van der Waals surface area contributed by atoms with E-state index >= 15 is 0 Å². The molecule has 2 aromatic carbocycles. The second kappa shape index (κ2) is 11.3. The summed E-state index contributed by atoms with van der Waals surface area (Å²) in [4.78, 5) is 24.5. The van der Waals surface area contributed by atoms with E-state index in [4.69, 9.17) is 4.74 Å². The summed E-state index contributed by atoms with van der Waals surface area (Å²) in [6.07, 6.45) is -4.80. The van der Waals surface area contributed by atoms with Gasteiger partial charge < -0.3 is 25.8 Å². The van der Waals surface area contributed by atoms with Crippen LogP contribution in [0.15, 0.2) is 48.5 Å². The van der Waals surface area contributed by atoms with E-state index in [2.05, 4.69) is 16.0 Å². The molecule has 3 atom stereocenters. The zero-order valence-electron chi connectivity index (χ0n) is 18.1. The summed E-state index contributed by atoms with van der Waals surface area (Å²) < 4.78 is 56.9. The molecule has 0 aliphatic carbocycles. The number of rotatable bonds is 7. The lowest BCUT2D eigenvalue weighted by atomic mass is 9.97. The largest absolute Gasteiger partial charge is 0.416 e. The Morgan fingerprint density at radius 2 is 1.82 bits per heavy atom. The van der Waals surface area contributed by atoms with Crippen molar-refractivity contribution in [2.45, 2.75) is 50.2 Å². The Balaban J connectivity index is 1.45. The highest BCUT2D eigenvalue weighted by Crippen LogP contribution is 2.30. The van der Waals surface area contributed by atoms with Crippen molar-refractivity contribution >= 4 is 17.6 Å². The number of halogens is 4. The first kappa shape index (κ1) is 25.4. The van der Waals surface area contributed by atoms with Crippen LogP contribution in [0.25, 0.3) is 0 Å². The molecule has 0 spiro atoms. The number of alkyl halides is 3. The number of carbonyl (C=O) groups is 2. The molecule has 11 heteroatoms. The van der Waals surface area contributed by atoms with Crippen LogP contribution < -0.4 is 16.0 Å². The first-order valence-corrected chi connectivity index (χ1v) is 10.7. The molecule has 0 saturated carbocycles. The molecule has 0 unspecified atom stereocenters. The summed E-state index contributed by atoms with van der Waals surface area (Å²) in [5.41, 5.74) is -0.0319. The van der Waals surface area contributed by atoms with Crippen LogP contribution in [0.1, 0.15) is 30.4 Å². The normalized spacial score (nSPS) is 20.4. The van der Waals surface area contributed by atoms with Gasteiger partial charge in [-0.1, -0.05) is 12.1 Å². The van der Waals surface area contributed by atoms with Crippen LogP contribution in [0.2, 0.25) is 0 Å². The number of aliphatic hydroxyl groups is 1. The van der Waals surface area contributed by atoms with Crippen LogP contribution in [0.4, 0.5) is 28.0 Å². The minimum atomic E-state index is -4.47. The lowest BCUT2D eigenvalue weighted by Crippen LogP contribution is -2.52. The van der Waals surface area contributed by atoms with Gasteiger partial charge in [-0.2, -0.15) is 13.2 Å². The number of aliphatic hydroxyl groups excluding tert-OH is 1. The summed E-state index contributed by atoms with van der Waals surface area (Å²) >= 11 is 0. The van der Waals surface area contributed by atoms with Crippen molar-refractivity contribution in [1.29, 1.82) is 0 Å². The van der Waals surface area contributed by atoms with Crippen LogP contribution in [-0.4, -0.2) is 41.9 Å². The molecule has 1 aliphatic rings. The molecule has 4 N–H and O–H groups in total. The van der Waals surface area contributed by atoms with E-state index in [9.17, 15) is 32.3 Å². The third-order valence-electron chi connectivity index (χ3n) is 5.37. The zero-order valence-corrected chi connectivity index (χ0v) is 18.1. The highest BCUT2D eigenvalue weighted by Gasteiger charge is 2.33. The Morgan fingerprint density at radius 3 is 2.47 bits per heavy atom. The molecule has 34 heavy (non-hydrogen) atoms. The Kier molecular flexibility index (Phi) is 8.46. The minimum absolute atomic E-state index is 0.0380. The predicted molar refractivity (Wildman–Crippen MR) is 115 cm³/mol. The molecule has 3 amide bonds. The molecular weight excluding hydrogens is 458 g/mol. The number of hydrogen-bond donors (Lipinski definition) is 4. The van der Waals surface area contributed by atoms with Gasteiger partial charge >= 0.3 is 12.2 Å². The van der Waals surface area contributed by atoms with E-state index in [0.29, 0.717) is 18.4 Å². The lowest BCUT2D eigenvalue weighted by Gasteiger charge is -2.35. The monoisotopic (exact) mass is 483 g/mol. The van der Waals surface area contributed by atoms with Crippen molar-refractivity contribution in [1.82, 2.24) is 10.6 Å². The van der Waals surface area contributed by atoms with Crippen molar-refractivity contribution in [2.75, 3.05) is 11.9 Å². The number of carbonyl (C=O) groups excluding carboxylic acids is 2. The number of urea groups is 1. The molecule has 0 bridgehead atoms. The number of nitrogens with one attached hydrogen (secondary N) is 3. The number of anilines is 1. The van der Waals surface area contributed by atoms with Crippen LogP contribution in [0.3, 0.4) is 0 Å². The van der Waals surface area contributed by atoms with Gasteiger partial charge in [0.15, 0.2) is 0 Å². The van der Waals surface area contributed by atoms with Gasteiger partial charge in [0, 0.05) is 12.2 Å². The van der Waals surface area contributed by atoms with Crippen LogP contribution in [0.5, 0.6) is 0 Å². The van der Waals surface area contributed by atoms with Crippen molar-refractivity contribution in [3.8, 4) is 0 Å². The SMILES string of the molecule is O=C(C[C@@H]1CC[C@H](NC(=O)Nc2ccc(C(F)(F)F)cc2)[C@H](CO)O1)NCc1cccc(F)c1. The molecule has 1 heterocycles. The molecule has 3 rings (SSSR count). The third kappa shape index (κ3) is 7.42. The minimum Gasteiger partial charge on any atom is -0.394 e. The van der Waals surface area contributed by atoms with Gasteiger partial charge in [-0.05, 0) is 54.8 Å². The number of benzene rings is 2. The molecule has 184 valence electrons. The number of hydrogen-bond acceptors (Lipinski definition) is 4. The molecule has 1 aliphatic heterocycles. The first-order valence-electron chi connectivity index (χ1n) is 10.7. The van der Waals surface area contributed by atoms with E-state index in [-0.39, 0.29) is 24.6 Å². The highest BCUT2D eigenvalue weighted by molar-refractivity contribution is 5.89. The number of amides is 3. The molecule has 0 aromatic heterocycles. The fraction of sp³-hybridized carbons (Fsp3) is 0.391. The molecule has 7 nitrogen and oxygen atoms in total. The highest BCUT2D eigenvalue weighted by atomic mass is 19.4. The summed E-state index contributed by atoms with van der Waals surface area (Å²) in [5, 5.41) is 17.4. The van der Waals surface area contributed by atoms with Gasteiger partial charge in [0.05, 0.1) is 30.7 Å². The lowest BCUT2D eigenvalue weighted by molar-refractivity contribution is -0.137. The maximum absolute atomic E-state index is 13.2. The average Bonchev–Trinajstić information content (AvgIpc) is 2.78. The molecule has 2 aromatic rings. The average molecular weight is 483 g/mol. The fourth-order valence-corrected chi connectivity index (χ4v) is 3.65. The van der Waals surface area contributed by atoms with Crippen LogP contribution in [0, 0.1) is 5.82 Å². The van der Waals surface area contributed by atoms with Crippen molar-refractivity contribution in [3.63, 3.8) is 0 Å². The van der Waals surface area contributed by atoms with Crippen molar-refractivity contribution in [3.05, 3.63) is 65.5 Å². The Labute approximate surface area is 193 Å². The van der Waals surface area contributed by atoms with Crippen LogP contribution in [-0.2, 0) is 22.3 Å². The van der Waals surface area contributed by atoms with Gasteiger partial charge in [-0.3, -0.25) is 4.79 Å². The van der Waals surface area contributed by atoms with Gasteiger partial charge in [-0.15, -0.1) is 0 Å². The Bertz CT molecular complexity index is 985. The van der Waals surface area contributed by atoms with E-state index in [1.165, 1.54) is 12.1 Å². The standard InChI is InChI=1S/C23H25F4N3O4/c24-16-3-1-2-14(10-16)12-28-21(32)11-18-8-9-19(20(13-31)34-18)30-22(33)29-17-6-4-15(5-7-17)23(25,26)27/h1-7,10,18-20,31H,8-9,11-13H2,(H,28,32)(H2,29,30,33)/t18-,19-,20-/m0/s1. The fourth-order valence-electron chi connectivity index (χ4n) is 3.65. The van der Waals surface area contributed by atoms with Crippen molar-refractivity contribution in [2.24, 2.45) is 0 Å². The summed E-state index contributed by atoms with van der Waals surface area (Å²) in [5.74, 6) is -0.688. The summed E-state index contributed by atoms with van der Waals surface area (Å²) in [7, 11) is 0. The Morgan fingerprint density at radius 1 is 1.09 bits per heavy atom. The predicted octanol–water partition coefficient (Wildman–Crippen LogP) is 3.58. The molecular formula is C23H25F4N3O4. The Hall–Kier alpha value is -3.18. The van der Waals surface area contributed by atoms with Gasteiger partial charge in [0.2, 0.25) is 5.91 Å². The first-order chi connectivity index (χ1) is 16.1. The maximum atomic E-state index is 13.2. The molecule has 1 saturated heterocycles. The smallest absolute Gasteiger partial charge is 0.394 e. The van der Waals surface area contributed by atoms with Crippen molar-refractivity contribution < 1.29 is 37.0 Å². The second-order valence-corrected chi connectivity index (χ2v) is 7.95. The number of ether oxygens (including phenoxy) is 1. The van der Waals surface area contributed by atoms with Crippen LogP contribution >= 0.6 is 0 Å². The zero-order chi connectivity index (χ0) is 24.7. The van der Waals surface area contributed by atoms with Gasteiger partial charge in [0.1, 0.15) is 11.9 Å². The third-order valence-corrected chi connectivity index (χ3v) is 5.37. The van der Waals surface area contributed by atoms with E-state index in [1.807, 2.05) is 0 Å².